The number of rotatable bonds is 5. The van der Waals surface area contributed by atoms with Crippen molar-refractivity contribution in [3.63, 3.8) is 0 Å². The lowest BCUT2D eigenvalue weighted by molar-refractivity contribution is -0.117. The Morgan fingerprint density at radius 2 is 2.00 bits per heavy atom. The maximum Gasteiger partial charge on any atom is 0.232 e. The van der Waals surface area contributed by atoms with Crippen LogP contribution < -0.4 is 9.64 Å². The number of hydrogen-bond donors (Lipinski definition) is 1. The maximum atomic E-state index is 12.6. The van der Waals surface area contributed by atoms with Gasteiger partial charge in [-0.2, -0.15) is 4.98 Å². The first-order valence-corrected chi connectivity index (χ1v) is 8.81. The zero-order valence-electron chi connectivity index (χ0n) is 14.8. The predicted molar refractivity (Wildman–Crippen MR) is 98.7 cm³/mol. The number of amides is 1. The molecule has 2 aromatic carbocycles. The Hall–Kier alpha value is -3.35. The molecule has 1 aromatic heterocycles. The first kappa shape index (κ1) is 17.1. The summed E-state index contributed by atoms with van der Waals surface area (Å²) < 4.78 is 11.1. The zero-order valence-corrected chi connectivity index (χ0v) is 14.8. The highest BCUT2D eigenvalue weighted by atomic mass is 16.5. The van der Waals surface area contributed by atoms with E-state index >= 15 is 0 Å². The van der Waals surface area contributed by atoms with Crippen molar-refractivity contribution in [2.45, 2.75) is 19.3 Å². The molecule has 0 aliphatic carbocycles. The van der Waals surface area contributed by atoms with Crippen LogP contribution >= 0.6 is 0 Å². The highest BCUT2D eigenvalue weighted by Crippen LogP contribution is 2.36. The molecule has 3 aromatic rings. The van der Waals surface area contributed by atoms with Crippen molar-refractivity contribution in [2.75, 3.05) is 18.1 Å². The molecular formula is C20H19N3O4. The topological polar surface area (TPSA) is 88.7 Å². The molecule has 1 atom stereocenters. The SMILES string of the molecule is CCOc1ccccc1N1CC(c2nc(-c3ccc(O)cc3)no2)CC1=O. The molecule has 1 unspecified atom stereocenters. The van der Waals surface area contributed by atoms with E-state index in [-0.39, 0.29) is 17.6 Å². The lowest BCUT2D eigenvalue weighted by atomic mass is 10.1. The molecule has 4 rings (SSSR count). The van der Waals surface area contributed by atoms with Crippen molar-refractivity contribution in [1.82, 2.24) is 10.1 Å². The van der Waals surface area contributed by atoms with Gasteiger partial charge in [0.25, 0.3) is 0 Å². The molecule has 7 nitrogen and oxygen atoms in total. The lowest BCUT2D eigenvalue weighted by Gasteiger charge is -2.19. The molecule has 1 amide bonds. The number of phenols is 1. The van der Waals surface area contributed by atoms with E-state index in [2.05, 4.69) is 10.1 Å². The van der Waals surface area contributed by atoms with E-state index in [1.165, 1.54) is 0 Å². The van der Waals surface area contributed by atoms with Crippen LogP contribution in [-0.4, -0.2) is 34.3 Å². The number of phenolic OH excluding ortho intramolecular Hbond substituents is 1. The van der Waals surface area contributed by atoms with E-state index in [4.69, 9.17) is 9.26 Å². The summed E-state index contributed by atoms with van der Waals surface area (Å²) >= 11 is 0. The van der Waals surface area contributed by atoms with Gasteiger partial charge in [-0.1, -0.05) is 17.3 Å². The fourth-order valence-electron chi connectivity index (χ4n) is 3.19. The maximum absolute atomic E-state index is 12.6. The van der Waals surface area contributed by atoms with Crippen LogP contribution in [0.5, 0.6) is 11.5 Å². The van der Waals surface area contributed by atoms with E-state index in [1.807, 2.05) is 31.2 Å². The van der Waals surface area contributed by atoms with Crippen molar-refractivity contribution in [1.29, 1.82) is 0 Å². The van der Waals surface area contributed by atoms with E-state index in [0.717, 1.165) is 11.3 Å². The van der Waals surface area contributed by atoms with Crippen LogP contribution in [0.3, 0.4) is 0 Å². The van der Waals surface area contributed by atoms with Gasteiger partial charge in [0, 0.05) is 18.5 Å². The molecule has 0 radical (unpaired) electrons. The molecule has 0 spiro atoms. The molecule has 1 N–H and O–H groups in total. The minimum absolute atomic E-state index is 0.00321. The largest absolute Gasteiger partial charge is 0.508 e. The number of carbonyl (C=O) groups is 1. The highest BCUT2D eigenvalue weighted by Gasteiger charge is 2.36. The van der Waals surface area contributed by atoms with Crippen LogP contribution in [-0.2, 0) is 4.79 Å². The predicted octanol–water partition coefficient (Wildman–Crippen LogP) is 3.36. The Bertz CT molecular complexity index is 952. The van der Waals surface area contributed by atoms with Gasteiger partial charge in [-0.25, -0.2) is 0 Å². The van der Waals surface area contributed by atoms with Gasteiger partial charge in [0.1, 0.15) is 11.5 Å². The number of nitrogens with zero attached hydrogens (tertiary/aromatic N) is 3. The van der Waals surface area contributed by atoms with Crippen LogP contribution in [0.1, 0.15) is 25.2 Å². The van der Waals surface area contributed by atoms with Gasteiger partial charge in [-0.05, 0) is 43.3 Å². The molecule has 7 heteroatoms. The number of aromatic hydroxyl groups is 1. The highest BCUT2D eigenvalue weighted by molar-refractivity contribution is 5.97. The van der Waals surface area contributed by atoms with Crippen molar-refractivity contribution < 1.29 is 19.2 Å². The number of ether oxygens (including phenoxy) is 1. The lowest BCUT2D eigenvalue weighted by Crippen LogP contribution is -2.25. The summed E-state index contributed by atoms with van der Waals surface area (Å²) in [5.74, 6) is 1.55. The summed E-state index contributed by atoms with van der Waals surface area (Å²) in [6.45, 7) is 2.90. The Morgan fingerprint density at radius 1 is 1.22 bits per heavy atom. The Kier molecular flexibility index (Phi) is 4.50. The van der Waals surface area contributed by atoms with Crippen LogP contribution in [0.15, 0.2) is 53.1 Å². The molecule has 1 fully saturated rings. The van der Waals surface area contributed by atoms with E-state index in [9.17, 15) is 9.90 Å². The average molecular weight is 365 g/mol. The molecule has 0 bridgehead atoms. The summed E-state index contributed by atoms with van der Waals surface area (Å²) in [5, 5.41) is 13.4. The minimum atomic E-state index is -0.175. The minimum Gasteiger partial charge on any atom is -0.508 e. The molecule has 138 valence electrons. The van der Waals surface area contributed by atoms with Crippen molar-refractivity contribution >= 4 is 11.6 Å². The Labute approximate surface area is 156 Å². The summed E-state index contributed by atoms with van der Waals surface area (Å²) in [7, 11) is 0. The number of anilines is 1. The third-order valence-corrected chi connectivity index (χ3v) is 4.50. The standard InChI is InChI=1S/C20H19N3O4/c1-2-26-17-6-4-3-5-16(17)23-12-14(11-18(23)25)20-21-19(22-27-20)13-7-9-15(24)10-8-13/h3-10,14,24H,2,11-12H2,1H3. The van der Waals surface area contributed by atoms with E-state index in [1.54, 1.807) is 29.2 Å². The third-order valence-electron chi connectivity index (χ3n) is 4.50. The molecule has 0 saturated carbocycles. The second-order valence-corrected chi connectivity index (χ2v) is 6.31. The summed E-state index contributed by atoms with van der Waals surface area (Å²) in [5.41, 5.74) is 1.50. The van der Waals surface area contributed by atoms with Crippen LogP contribution in [0.2, 0.25) is 0 Å². The normalized spacial score (nSPS) is 16.7. The summed E-state index contributed by atoms with van der Waals surface area (Å²) in [4.78, 5) is 18.7. The fourth-order valence-corrected chi connectivity index (χ4v) is 3.19. The molecule has 1 saturated heterocycles. The number of benzene rings is 2. The second-order valence-electron chi connectivity index (χ2n) is 6.31. The number of hydrogen-bond acceptors (Lipinski definition) is 6. The summed E-state index contributed by atoms with van der Waals surface area (Å²) in [6, 6.07) is 14.1. The molecule has 27 heavy (non-hydrogen) atoms. The third kappa shape index (κ3) is 3.36. The molecular weight excluding hydrogens is 346 g/mol. The van der Waals surface area contributed by atoms with Gasteiger partial charge < -0.3 is 19.3 Å². The fraction of sp³-hybridized carbons (Fsp3) is 0.250. The molecule has 1 aliphatic heterocycles. The van der Waals surface area contributed by atoms with Crippen LogP contribution in [0, 0.1) is 0 Å². The molecule has 2 heterocycles. The van der Waals surface area contributed by atoms with Gasteiger partial charge in [-0.3, -0.25) is 4.79 Å². The van der Waals surface area contributed by atoms with Crippen molar-refractivity contribution in [3.05, 3.63) is 54.4 Å². The van der Waals surface area contributed by atoms with Gasteiger partial charge in [0.2, 0.25) is 17.6 Å². The van der Waals surface area contributed by atoms with Gasteiger partial charge in [0.15, 0.2) is 0 Å². The van der Waals surface area contributed by atoms with Gasteiger partial charge >= 0.3 is 0 Å². The number of carbonyl (C=O) groups excluding carboxylic acids is 1. The van der Waals surface area contributed by atoms with Gasteiger partial charge in [-0.15, -0.1) is 0 Å². The first-order chi connectivity index (χ1) is 13.2. The molecule has 1 aliphatic rings. The smallest absolute Gasteiger partial charge is 0.232 e. The van der Waals surface area contributed by atoms with E-state index in [0.29, 0.717) is 37.0 Å². The first-order valence-electron chi connectivity index (χ1n) is 8.81. The van der Waals surface area contributed by atoms with Crippen molar-refractivity contribution in [2.24, 2.45) is 0 Å². The average Bonchev–Trinajstić information content (AvgIpc) is 3.30. The van der Waals surface area contributed by atoms with Crippen LogP contribution in [0.25, 0.3) is 11.4 Å². The monoisotopic (exact) mass is 365 g/mol. The van der Waals surface area contributed by atoms with Gasteiger partial charge in [0.05, 0.1) is 18.2 Å². The second kappa shape index (κ2) is 7.11. The summed E-state index contributed by atoms with van der Waals surface area (Å²) in [6.07, 6.45) is 0.303. The zero-order chi connectivity index (χ0) is 18.8. The Morgan fingerprint density at radius 3 is 2.78 bits per heavy atom. The Balaban J connectivity index is 1.56. The van der Waals surface area contributed by atoms with E-state index < -0.39 is 0 Å². The van der Waals surface area contributed by atoms with Crippen LogP contribution in [0.4, 0.5) is 5.69 Å². The quantitative estimate of drug-likeness (QED) is 0.746. The number of para-hydroxylation sites is 2. The number of aromatic nitrogens is 2. The van der Waals surface area contributed by atoms with Crippen molar-refractivity contribution in [3.8, 4) is 22.9 Å².